The molecule has 0 amide bonds. The predicted molar refractivity (Wildman–Crippen MR) is 31.8 cm³/mol. The Kier molecular flexibility index (Phi) is 3280. The van der Waals surface area contributed by atoms with Crippen molar-refractivity contribution in [2.24, 2.45) is 0 Å². The van der Waals surface area contributed by atoms with Gasteiger partial charge in [0, 0.05) is 7.11 Å². The van der Waals surface area contributed by atoms with Gasteiger partial charge in [-0.2, -0.15) is 28.4 Å². The average Bonchev–Trinajstić information content (AvgIpc) is 2.20. The summed E-state index contributed by atoms with van der Waals surface area (Å²) in [5.74, 6) is 0. The van der Waals surface area contributed by atoms with Crippen molar-refractivity contribution in [3.8, 4) is 0 Å². The molecule has 0 saturated carbocycles. The molecule has 0 fully saturated rings. The Labute approximate surface area is 100 Å². The molecule has 0 aromatic carbocycles. The largest absolute Gasteiger partial charge is 4.00 e. The first kappa shape index (κ1) is 40.0. The summed E-state index contributed by atoms with van der Waals surface area (Å²) in [5.41, 5.74) is 0. The first-order chi connectivity index (χ1) is 5.00. The standard InChI is InChI=1S/CH4O.4CH3O.Th/c5*1-2;/h2H,1H3;4*1H3;/q;4*-1;+4. The van der Waals surface area contributed by atoms with Crippen LogP contribution < -0.4 is 20.4 Å². The average molecular weight is 388 g/mol. The molecule has 5 nitrogen and oxygen atoms in total. The van der Waals surface area contributed by atoms with Gasteiger partial charge in [-0.3, -0.25) is 0 Å². The molecule has 0 atom stereocenters. The molecule has 0 rings (SSSR count). The van der Waals surface area contributed by atoms with Crippen LogP contribution in [0.15, 0.2) is 0 Å². The smallest absolute Gasteiger partial charge is 0.857 e. The molecule has 0 bridgehead atoms. The van der Waals surface area contributed by atoms with Gasteiger partial charge in [0.1, 0.15) is 0 Å². The van der Waals surface area contributed by atoms with Crippen LogP contribution in [0, 0.1) is 39.9 Å². The van der Waals surface area contributed by atoms with Gasteiger partial charge in [0.2, 0.25) is 0 Å². The summed E-state index contributed by atoms with van der Waals surface area (Å²) < 4.78 is 0. The molecule has 0 radical (unpaired) electrons. The van der Waals surface area contributed by atoms with E-state index in [0.717, 1.165) is 35.5 Å². The van der Waals surface area contributed by atoms with Crippen molar-refractivity contribution >= 4 is 0 Å². The summed E-state index contributed by atoms with van der Waals surface area (Å²) in [7, 11) is 4.00. The maximum absolute atomic E-state index is 8.25. The number of aliphatic hydroxyl groups excluding tert-OH is 1. The van der Waals surface area contributed by atoms with E-state index in [-0.39, 0.29) is 39.9 Å². The third-order valence-corrected chi connectivity index (χ3v) is 0. The normalized spacial score (nSPS) is 2.73. The van der Waals surface area contributed by atoms with E-state index in [1.165, 1.54) is 0 Å². The Bertz CT molecular complexity index is 14.8. The number of rotatable bonds is 0. The van der Waals surface area contributed by atoms with E-state index < -0.39 is 0 Å². The van der Waals surface area contributed by atoms with E-state index >= 15 is 0 Å². The monoisotopic (exact) mass is 388 g/mol. The van der Waals surface area contributed by atoms with Gasteiger partial charge in [0.05, 0.1) is 0 Å². The third-order valence-electron chi connectivity index (χ3n) is 0. The van der Waals surface area contributed by atoms with Gasteiger partial charge in [0.25, 0.3) is 0 Å². The Morgan fingerprint density at radius 1 is 0.545 bits per heavy atom. The van der Waals surface area contributed by atoms with Gasteiger partial charge in [-0.1, -0.05) is 0 Å². The molecule has 0 aromatic heterocycles. The van der Waals surface area contributed by atoms with Gasteiger partial charge >= 0.3 is 39.9 Å². The van der Waals surface area contributed by atoms with Crippen molar-refractivity contribution in [1.82, 2.24) is 0 Å². The molecule has 0 aliphatic carbocycles. The number of hydrogen-bond acceptors (Lipinski definition) is 5. The molecule has 11 heavy (non-hydrogen) atoms. The SMILES string of the molecule is CO.C[O-].C[O-].C[O-].C[O-].[Th+4]. The van der Waals surface area contributed by atoms with Crippen LogP contribution in [0.4, 0.5) is 0 Å². The van der Waals surface area contributed by atoms with Crippen molar-refractivity contribution in [1.29, 1.82) is 0 Å². The zero-order chi connectivity index (χ0) is 10.0. The summed E-state index contributed by atoms with van der Waals surface area (Å²) in [6.07, 6.45) is 0. The predicted octanol–water partition coefficient (Wildman–Crippen LogP) is -4.49. The second-order valence-electron chi connectivity index (χ2n) is 0. The van der Waals surface area contributed by atoms with E-state index in [4.69, 9.17) is 25.5 Å². The van der Waals surface area contributed by atoms with Gasteiger partial charge in [-0.15, -0.1) is 0 Å². The zero-order valence-electron chi connectivity index (χ0n) is 7.58. The van der Waals surface area contributed by atoms with Crippen LogP contribution in [0.1, 0.15) is 0 Å². The zero-order valence-corrected chi connectivity index (χ0v) is 11.7. The molecule has 0 unspecified atom stereocenters. The molecule has 0 saturated heterocycles. The van der Waals surface area contributed by atoms with Crippen LogP contribution >= 0.6 is 0 Å². The fourth-order valence-electron chi connectivity index (χ4n) is 0. The third kappa shape index (κ3) is 732. The van der Waals surface area contributed by atoms with E-state index in [9.17, 15) is 0 Å². The molecule has 70 valence electrons. The van der Waals surface area contributed by atoms with Crippen LogP contribution in [0.25, 0.3) is 0 Å². The summed E-state index contributed by atoms with van der Waals surface area (Å²) in [5, 5.41) is 40.0. The van der Waals surface area contributed by atoms with Crippen LogP contribution in [-0.4, -0.2) is 40.7 Å². The maximum atomic E-state index is 8.25. The topological polar surface area (TPSA) is 112 Å². The second kappa shape index (κ2) is 902. The summed E-state index contributed by atoms with van der Waals surface area (Å²) in [4.78, 5) is 0. The Balaban J connectivity index is -0.00000000694. The van der Waals surface area contributed by atoms with Crippen molar-refractivity contribution in [2.75, 3.05) is 35.5 Å². The molecular weight excluding hydrogens is 372 g/mol. The van der Waals surface area contributed by atoms with E-state index in [2.05, 4.69) is 0 Å². The van der Waals surface area contributed by atoms with Crippen molar-refractivity contribution in [3.05, 3.63) is 0 Å². The first-order valence-electron chi connectivity index (χ1n) is 2.08. The van der Waals surface area contributed by atoms with E-state index in [0.29, 0.717) is 0 Å². The van der Waals surface area contributed by atoms with Gasteiger partial charge in [-0.25, -0.2) is 0 Å². The Morgan fingerprint density at radius 3 is 0.545 bits per heavy atom. The molecule has 0 heterocycles. The molecule has 1 N–H and O–H groups in total. The van der Waals surface area contributed by atoms with Crippen LogP contribution in [0.2, 0.25) is 0 Å². The number of aliphatic hydroxyl groups is 1. The molecule has 6 heteroatoms. The van der Waals surface area contributed by atoms with Crippen LogP contribution in [0.5, 0.6) is 0 Å². The van der Waals surface area contributed by atoms with Crippen molar-refractivity contribution < 1.29 is 65.5 Å². The second-order valence-corrected chi connectivity index (χ2v) is 0. The molecular formula is C5H16O5Th. The minimum Gasteiger partial charge on any atom is -0.857 e. The van der Waals surface area contributed by atoms with Crippen LogP contribution in [0.3, 0.4) is 0 Å². The summed E-state index contributed by atoms with van der Waals surface area (Å²) in [6, 6.07) is 0. The quantitative estimate of drug-likeness (QED) is 0.450. The fraction of sp³-hybridized carbons (Fsp3) is 1.00. The van der Waals surface area contributed by atoms with Crippen molar-refractivity contribution in [2.45, 2.75) is 0 Å². The van der Waals surface area contributed by atoms with Gasteiger partial charge in [0.15, 0.2) is 0 Å². The molecule has 0 aliphatic heterocycles. The van der Waals surface area contributed by atoms with Gasteiger partial charge < -0.3 is 25.5 Å². The molecule has 0 aromatic rings. The fourth-order valence-corrected chi connectivity index (χ4v) is 0. The van der Waals surface area contributed by atoms with Crippen molar-refractivity contribution in [3.63, 3.8) is 0 Å². The molecule has 0 spiro atoms. The van der Waals surface area contributed by atoms with E-state index in [1.54, 1.807) is 0 Å². The first-order valence-corrected chi connectivity index (χ1v) is 2.08. The maximum Gasteiger partial charge on any atom is 4.00 e. The van der Waals surface area contributed by atoms with Crippen LogP contribution in [-0.2, 0) is 0 Å². The minimum absolute atomic E-state index is 0. The van der Waals surface area contributed by atoms with Gasteiger partial charge in [-0.05, 0) is 0 Å². The number of hydrogen-bond donors (Lipinski definition) is 1. The summed E-state index contributed by atoms with van der Waals surface area (Å²) in [6.45, 7) is 0. The minimum atomic E-state index is 0. The summed E-state index contributed by atoms with van der Waals surface area (Å²) >= 11 is 0. The van der Waals surface area contributed by atoms with E-state index in [1.807, 2.05) is 0 Å². The Hall–Kier alpha value is 1.12. The Morgan fingerprint density at radius 2 is 0.545 bits per heavy atom. The molecule has 0 aliphatic rings.